The predicted molar refractivity (Wildman–Crippen MR) is 146 cm³/mol. The summed E-state index contributed by atoms with van der Waals surface area (Å²) >= 11 is 0. The second kappa shape index (κ2) is 8.61. The van der Waals surface area contributed by atoms with Crippen molar-refractivity contribution in [1.82, 2.24) is 24.8 Å². The standard InChI is InChI=1S/C31H32N6O2/c32-29-27-25(17-4-6-18(7-5-17)28(38)23-16-22(23)24-3-1-2-12-33-24)35-30(36(27)14-13-34-29)26-20-10-11-21(15-20)37(26)31(39)19-8-9-19/h1-7,12-14,19-23,26,29,34H,8-11,15-16,32H2/t20?,21?,22?,23?,26-,29?/m0/s1. The van der Waals surface area contributed by atoms with Crippen LogP contribution in [-0.2, 0) is 4.79 Å². The van der Waals surface area contributed by atoms with Gasteiger partial charge in [-0.2, -0.15) is 0 Å². The van der Waals surface area contributed by atoms with E-state index in [0.717, 1.165) is 67.0 Å². The van der Waals surface area contributed by atoms with Crippen LogP contribution in [0.5, 0.6) is 0 Å². The van der Waals surface area contributed by atoms with Crippen LogP contribution < -0.4 is 11.1 Å². The Morgan fingerprint density at radius 1 is 1.00 bits per heavy atom. The fourth-order valence-corrected chi connectivity index (χ4v) is 7.23. The minimum absolute atomic E-state index is 0.00625. The monoisotopic (exact) mass is 520 g/mol. The fourth-order valence-electron chi connectivity index (χ4n) is 7.23. The molecule has 3 aliphatic carbocycles. The third-order valence-electron chi connectivity index (χ3n) is 9.44. The lowest BCUT2D eigenvalue weighted by molar-refractivity contribution is -0.137. The van der Waals surface area contributed by atoms with Crippen molar-refractivity contribution in [2.75, 3.05) is 0 Å². The number of hydrogen-bond acceptors (Lipinski definition) is 6. The molecule has 1 saturated heterocycles. The van der Waals surface area contributed by atoms with Crippen LogP contribution >= 0.6 is 0 Å². The molecule has 0 radical (unpaired) electrons. The Hall–Kier alpha value is -3.78. The maximum absolute atomic E-state index is 13.4. The molecule has 0 spiro atoms. The number of imidazole rings is 1. The van der Waals surface area contributed by atoms with E-state index >= 15 is 0 Å². The average molecular weight is 521 g/mol. The third kappa shape index (κ3) is 3.68. The van der Waals surface area contributed by atoms with E-state index < -0.39 is 6.17 Å². The Labute approximate surface area is 227 Å². The highest BCUT2D eigenvalue weighted by molar-refractivity contribution is 6.00. The fraction of sp³-hybridized carbons (Fsp3) is 0.419. The van der Waals surface area contributed by atoms with Crippen LogP contribution in [0, 0.1) is 17.8 Å². The molecule has 3 saturated carbocycles. The summed E-state index contributed by atoms with van der Waals surface area (Å²) in [6, 6.07) is 14.0. The van der Waals surface area contributed by atoms with E-state index in [-0.39, 0.29) is 29.6 Å². The van der Waals surface area contributed by atoms with Crippen molar-refractivity contribution in [3.05, 3.63) is 77.6 Å². The zero-order valence-electron chi connectivity index (χ0n) is 21.7. The molecule has 2 aromatic heterocycles. The second-order valence-electron chi connectivity index (χ2n) is 11.9. The minimum atomic E-state index is -0.413. The number of ketones is 1. The quantitative estimate of drug-likeness (QED) is 0.467. The summed E-state index contributed by atoms with van der Waals surface area (Å²) in [7, 11) is 0. The first-order valence-corrected chi connectivity index (χ1v) is 14.3. The first kappa shape index (κ1) is 23.1. The molecule has 2 aliphatic heterocycles. The average Bonchev–Trinajstić information content (AvgIpc) is 3.87. The molecule has 4 heterocycles. The third-order valence-corrected chi connectivity index (χ3v) is 9.44. The molecule has 3 aromatic rings. The number of pyridine rings is 1. The summed E-state index contributed by atoms with van der Waals surface area (Å²) in [6.07, 6.45) is 11.4. The molecular weight excluding hydrogens is 488 g/mol. The van der Waals surface area contributed by atoms with E-state index in [1.807, 2.05) is 54.9 Å². The lowest BCUT2D eigenvalue weighted by Gasteiger charge is -2.35. The number of nitrogens with zero attached hydrogens (tertiary/aromatic N) is 4. The lowest BCUT2D eigenvalue weighted by atomic mass is 9.97. The maximum Gasteiger partial charge on any atom is 0.226 e. The van der Waals surface area contributed by atoms with Crippen LogP contribution in [0.1, 0.15) is 84.2 Å². The number of fused-ring (bicyclic) bond motifs is 3. The van der Waals surface area contributed by atoms with Crippen molar-refractivity contribution in [3.63, 3.8) is 0 Å². The van der Waals surface area contributed by atoms with Crippen molar-refractivity contribution in [2.45, 2.75) is 62.7 Å². The largest absolute Gasteiger partial charge is 0.370 e. The number of Topliss-reactive ketones (excluding diaryl/α,β-unsaturated/α-hetero) is 1. The molecule has 5 unspecified atom stereocenters. The minimum Gasteiger partial charge on any atom is -0.370 e. The molecule has 8 heteroatoms. The maximum atomic E-state index is 13.4. The van der Waals surface area contributed by atoms with Crippen LogP contribution in [0.4, 0.5) is 0 Å². The number of benzene rings is 1. The van der Waals surface area contributed by atoms with Crippen molar-refractivity contribution < 1.29 is 9.59 Å². The number of carbonyl (C=O) groups is 2. The first-order valence-electron chi connectivity index (χ1n) is 14.3. The first-order chi connectivity index (χ1) is 19.1. The molecule has 39 heavy (non-hydrogen) atoms. The Morgan fingerprint density at radius 2 is 1.85 bits per heavy atom. The molecule has 5 aliphatic rings. The summed E-state index contributed by atoms with van der Waals surface area (Å²) in [5.74, 6) is 2.21. The van der Waals surface area contributed by atoms with E-state index in [1.54, 1.807) is 6.20 Å². The van der Waals surface area contributed by atoms with Gasteiger partial charge >= 0.3 is 0 Å². The lowest BCUT2D eigenvalue weighted by Crippen LogP contribution is -2.42. The Balaban J connectivity index is 1.12. The number of nitrogens with one attached hydrogen (secondary N) is 1. The van der Waals surface area contributed by atoms with Gasteiger partial charge in [0.25, 0.3) is 0 Å². The highest BCUT2D eigenvalue weighted by atomic mass is 16.2. The number of likely N-dealkylation sites (tertiary alicyclic amines) is 1. The van der Waals surface area contributed by atoms with Crippen molar-refractivity contribution in [3.8, 4) is 11.3 Å². The van der Waals surface area contributed by atoms with Gasteiger partial charge in [-0.25, -0.2) is 4.98 Å². The van der Waals surface area contributed by atoms with Gasteiger partial charge in [-0.1, -0.05) is 30.3 Å². The zero-order valence-corrected chi connectivity index (χ0v) is 21.7. The number of rotatable bonds is 6. The Kier molecular flexibility index (Phi) is 5.11. The van der Waals surface area contributed by atoms with E-state index in [2.05, 4.69) is 19.8 Å². The normalized spacial score (nSPS) is 30.2. The van der Waals surface area contributed by atoms with Crippen LogP contribution in [0.2, 0.25) is 0 Å². The van der Waals surface area contributed by atoms with Crippen LogP contribution in [0.15, 0.2) is 54.9 Å². The molecule has 198 valence electrons. The number of aromatic nitrogens is 3. The molecule has 3 N–H and O–H groups in total. The van der Waals surface area contributed by atoms with Gasteiger partial charge in [-0.05, 0) is 56.6 Å². The summed E-state index contributed by atoms with van der Waals surface area (Å²) in [5, 5.41) is 3.22. The van der Waals surface area contributed by atoms with Crippen molar-refractivity contribution in [2.24, 2.45) is 23.5 Å². The molecule has 8 rings (SSSR count). The van der Waals surface area contributed by atoms with Gasteiger partial charge in [0.1, 0.15) is 12.0 Å². The molecular formula is C31H32N6O2. The highest BCUT2D eigenvalue weighted by Gasteiger charge is 2.53. The molecule has 2 bridgehead atoms. The second-order valence-corrected chi connectivity index (χ2v) is 11.9. The van der Waals surface area contributed by atoms with Crippen LogP contribution in [0.25, 0.3) is 17.5 Å². The van der Waals surface area contributed by atoms with Gasteiger partial charge in [0.05, 0.1) is 17.4 Å². The van der Waals surface area contributed by atoms with E-state index in [1.165, 1.54) is 0 Å². The SMILES string of the molecule is NC1NC=Cn2c([C@@H]3C4CCC(C4)N3C(=O)C3CC3)nc(-c3ccc(C(=O)C4CC4c4ccccn4)cc3)c21. The number of amides is 1. The molecule has 8 nitrogen and oxygen atoms in total. The van der Waals surface area contributed by atoms with Gasteiger partial charge in [-0.15, -0.1) is 0 Å². The zero-order chi connectivity index (χ0) is 26.2. The van der Waals surface area contributed by atoms with E-state index in [0.29, 0.717) is 23.4 Å². The topological polar surface area (TPSA) is 106 Å². The molecule has 1 aromatic carbocycles. The Morgan fingerprint density at radius 3 is 2.62 bits per heavy atom. The van der Waals surface area contributed by atoms with Crippen LogP contribution in [0.3, 0.4) is 0 Å². The van der Waals surface area contributed by atoms with Gasteiger partial charge in [0.2, 0.25) is 5.91 Å². The predicted octanol–water partition coefficient (Wildman–Crippen LogP) is 4.38. The van der Waals surface area contributed by atoms with Crippen LogP contribution in [-0.4, -0.2) is 37.2 Å². The number of piperidine rings is 1. The molecule has 6 atom stereocenters. The Bertz CT molecular complexity index is 1490. The summed E-state index contributed by atoms with van der Waals surface area (Å²) in [5.41, 5.74) is 10.9. The van der Waals surface area contributed by atoms with Gasteiger partial charge in [-0.3, -0.25) is 14.6 Å². The molecule has 4 fully saturated rings. The summed E-state index contributed by atoms with van der Waals surface area (Å²) in [6.45, 7) is 0. The van der Waals surface area contributed by atoms with Gasteiger partial charge in [0.15, 0.2) is 5.78 Å². The van der Waals surface area contributed by atoms with Crippen molar-refractivity contribution >= 4 is 17.9 Å². The highest BCUT2D eigenvalue weighted by Crippen LogP contribution is 2.53. The summed E-state index contributed by atoms with van der Waals surface area (Å²) < 4.78 is 2.11. The number of carbonyl (C=O) groups excluding carboxylic acids is 2. The van der Waals surface area contributed by atoms with E-state index in [4.69, 9.17) is 10.7 Å². The smallest absolute Gasteiger partial charge is 0.226 e. The number of nitrogens with two attached hydrogens (primary N) is 1. The van der Waals surface area contributed by atoms with Gasteiger partial charge < -0.3 is 20.5 Å². The van der Waals surface area contributed by atoms with Crippen molar-refractivity contribution in [1.29, 1.82) is 0 Å². The van der Waals surface area contributed by atoms with Gasteiger partial charge in [0, 0.05) is 59.2 Å². The summed E-state index contributed by atoms with van der Waals surface area (Å²) in [4.78, 5) is 38.4. The molecule has 1 amide bonds. The number of hydrogen-bond donors (Lipinski definition) is 2. The van der Waals surface area contributed by atoms with E-state index in [9.17, 15) is 9.59 Å².